The van der Waals surface area contributed by atoms with Crippen LogP contribution in [0, 0.1) is 3.57 Å². The van der Waals surface area contributed by atoms with E-state index >= 15 is 0 Å². The Labute approximate surface area is 145 Å². The van der Waals surface area contributed by atoms with E-state index in [9.17, 15) is 14.7 Å². The number of anilines is 1. The molecule has 0 radical (unpaired) electrons. The van der Waals surface area contributed by atoms with Crippen molar-refractivity contribution in [2.45, 2.75) is 0 Å². The summed E-state index contributed by atoms with van der Waals surface area (Å²) in [7, 11) is 0. The van der Waals surface area contributed by atoms with Crippen molar-refractivity contribution in [2.75, 3.05) is 11.9 Å². The third kappa shape index (κ3) is 4.35. The Morgan fingerprint density at radius 1 is 1.18 bits per heavy atom. The van der Waals surface area contributed by atoms with Crippen molar-refractivity contribution in [1.29, 1.82) is 0 Å². The molecule has 2 rings (SSSR count). The molecular weight excluding hydrogens is 419 g/mol. The molecule has 2 aromatic rings. The second-order valence-corrected chi connectivity index (χ2v) is 5.97. The first-order chi connectivity index (χ1) is 10.5. The third-order valence-corrected chi connectivity index (χ3v) is 3.94. The SMILES string of the molecule is O=C(CNC(=O)c1ccccc1I)Nc1cc(Cl)ccc1O. The molecule has 2 amide bonds. The normalized spacial score (nSPS) is 10.1. The lowest BCUT2D eigenvalue weighted by molar-refractivity contribution is -0.115. The molecule has 0 bridgehead atoms. The van der Waals surface area contributed by atoms with E-state index in [1.54, 1.807) is 18.2 Å². The minimum atomic E-state index is -0.461. The number of benzene rings is 2. The number of halogens is 2. The molecule has 0 aromatic heterocycles. The number of hydrogen-bond acceptors (Lipinski definition) is 3. The summed E-state index contributed by atoms with van der Waals surface area (Å²) in [5.41, 5.74) is 0.697. The summed E-state index contributed by atoms with van der Waals surface area (Å²) in [5, 5.41) is 15.0. The van der Waals surface area contributed by atoms with Crippen LogP contribution in [-0.2, 0) is 4.79 Å². The number of nitrogens with one attached hydrogen (secondary N) is 2. The molecule has 7 heteroatoms. The molecule has 114 valence electrons. The topological polar surface area (TPSA) is 78.4 Å². The first-order valence-electron chi connectivity index (χ1n) is 6.28. The summed E-state index contributed by atoms with van der Waals surface area (Å²) in [6.45, 7) is -0.213. The molecular formula is C15H12ClIN2O3. The van der Waals surface area contributed by atoms with Gasteiger partial charge in [-0.15, -0.1) is 0 Å². The van der Waals surface area contributed by atoms with Crippen LogP contribution in [0.4, 0.5) is 5.69 Å². The monoisotopic (exact) mass is 430 g/mol. The highest BCUT2D eigenvalue weighted by Crippen LogP contribution is 2.26. The van der Waals surface area contributed by atoms with Gasteiger partial charge in [0.2, 0.25) is 5.91 Å². The lowest BCUT2D eigenvalue weighted by Crippen LogP contribution is -2.33. The number of hydrogen-bond donors (Lipinski definition) is 3. The molecule has 0 atom stereocenters. The molecule has 0 saturated carbocycles. The summed E-state index contributed by atoms with van der Waals surface area (Å²) >= 11 is 7.84. The van der Waals surface area contributed by atoms with Crippen LogP contribution in [0.5, 0.6) is 5.75 Å². The number of rotatable bonds is 4. The van der Waals surface area contributed by atoms with Crippen molar-refractivity contribution < 1.29 is 14.7 Å². The number of phenolic OH excluding ortho intramolecular Hbond substituents is 1. The first kappa shape index (κ1) is 16.6. The van der Waals surface area contributed by atoms with Gasteiger partial charge in [0.05, 0.1) is 17.8 Å². The second kappa shape index (κ2) is 7.46. The molecule has 0 aliphatic heterocycles. The zero-order valence-electron chi connectivity index (χ0n) is 11.3. The number of amides is 2. The highest BCUT2D eigenvalue weighted by molar-refractivity contribution is 14.1. The van der Waals surface area contributed by atoms with Gasteiger partial charge in [-0.1, -0.05) is 23.7 Å². The van der Waals surface area contributed by atoms with Crippen LogP contribution in [0.25, 0.3) is 0 Å². The number of phenols is 1. The minimum Gasteiger partial charge on any atom is -0.506 e. The third-order valence-electron chi connectivity index (χ3n) is 2.76. The fourth-order valence-electron chi connectivity index (χ4n) is 1.70. The lowest BCUT2D eigenvalue weighted by Gasteiger charge is -2.09. The van der Waals surface area contributed by atoms with Gasteiger partial charge in [-0.2, -0.15) is 0 Å². The van der Waals surface area contributed by atoms with Gasteiger partial charge >= 0.3 is 0 Å². The van der Waals surface area contributed by atoms with E-state index in [0.717, 1.165) is 3.57 Å². The fourth-order valence-corrected chi connectivity index (χ4v) is 2.51. The Hall–Kier alpha value is -1.80. The minimum absolute atomic E-state index is 0.0957. The quantitative estimate of drug-likeness (QED) is 0.515. The van der Waals surface area contributed by atoms with E-state index in [4.69, 9.17) is 11.6 Å². The fraction of sp³-hybridized carbons (Fsp3) is 0.0667. The number of carbonyl (C=O) groups is 2. The van der Waals surface area contributed by atoms with Crippen LogP contribution in [0.1, 0.15) is 10.4 Å². The average Bonchev–Trinajstić information content (AvgIpc) is 2.49. The highest BCUT2D eigenvalue weighted by atomic mass is 127. The van der Waals surface area contributed by atoms with Crippen LogP contribution in [0.15, 0.2) is 42.5 Å². The van der Waals surface area contributed by atoms with E-state index in [1.807, 2.05) is 6.07 Å². The van der Waals surface area contributed by atoms with Crippen molar-refractivity contribution in [1.82, 2.24) is 5.32 Å². The summed E-state index contributed by atoms with van der Waals surface area (Å²) in [6.07, 6.45) is 0. The smallest absolute Gasteiger partial charge is 0.252 e. The maximum Gasteiger partial charge on any atom is 0.252 e. The Kier molecular flexibility index (Phi) is 5.62. The van der Waals surface area contributed by atoms with E-state index in [-0.39, 0.29) is 23.9 Å². The van der Waals surface area contributed by atoms with Crippen LogP contribution in [-0.4, -0.2) is 23.5 Å². The van der Waals surface area contributed by atoms with Crippen molar-refractivity contribution in [2.24, 2.45) is 0 Å². The molecule has 0 spiro atoms. The maximum atomic E-state index is 12.0. The molecule has 0 fully saturated rings. The van der Waals surface area contributed by atoms with Gasteiger partial charge in [0.15, 0.2) is 0 Å². The van der Waals surface area contributed by atoms with Crippen molar-refractivity contribution in [3.05, 3.63) is 56.6 Å². The zero-order chi connectivity index (χ0) is 16.1. The maximum absolute atomic E-state index is 12.0. The van der Waals surface area contributed by atoms with Crippen LogP contribution in [0.2, 0.25) is 5.02 Å². The molecule has 0 aliphatic carbocycles. The Balaban J connectivity index is 1.94. The Morgan fingerprint density at radius 2 is 1.91 bits per heavy atom. The van der Waals surface area contributed by atoms with Gasteiger partial charge in [-0.3, -0.25) is 9.59 Å². The van der Waals surface area contributed by atoms with Crippen LogP contribution >= 0.6 is 34.2 Å². The molecule has 22 heavy (non-hydrogen) atoms. The van der Waals surface area contributed by atoms with E-state index in [2.05, 4.69) is 33.2 Å². The van der Waals surface area contributed by atoms with Gasteiger partial charge in [0, 0.05) is 8.59 Å². The summed E-state index contributed by atoms with van der Waals surface area (Å²) in [5.74, 6) is -0.894. The standard InChI is InChI=1S/C15H12ClIN2O3/c16-9-5-6-13(20)12(7-9)19-14(21)8-18-15(22)10-3-1-2-4-11(10)17/h1-7,20H,8H2,(H,18,22)(H,19,21). The Bertz CT molecular complexity index is 722. The van der Waals surface area contributed by atoms with Gasteiger partial charge < -0.3 is 15.7 Å². The summed E-state index contributed by atoms with van der Waals surface area (Å²) in [4.78, 5) is 23.8. The molecule has 0 unspecified atom stereocenters. The van der Waals surface area contributed by atoms with E-state index in [1.165, 1.54) is 18.2 Å². The van der Waals surface area contributed by atoms with Crippen molar-refractivity contribution >= 4 is 51.7 Å². The van der Waals surface area contributed by atoms with Gasteiger partial charge in [0.1, 0.15) is 5.75 Å². The molecule has 2 aromatic carbocycles. The van der Waals surface area contributed by atoms with Crippen molar-refractivity contribution in [3.8, 4) is 5.75 Å². The predicted molar refractivity (Wildman–Crippen MR) is 93.2 cm³/mol. The summed E-state index contributed by atoms with van der Waals surface area (Å²) in [6, 6.07) is 11.4. The zero-order valence-corrected chi connectivity index (χ0v) is 14.2. The molecule has 0 saturated heterocycles. The Morgan fingerprint density at radius 3 is 2.64 bits per heavy atom. The van der Waals surface area contributed by atoms with Gasteiger partial charge in [0.25, 0.3) is 5.91 Å². The first-order valence-corrected chi connectivity index (χ1v) is 7.74. The second-order valence-electron chi connectivity index (χ2n) is 4.37. The molecule has 0 heterocycles. The van der Waals surface area contributed by atoms with Gasteiger partial charge in [-0.05, 0) is 52.9 Å². The van der Waals surface area contributed by atoms with E-state index < -0.39 is 5.91 Å². The molecule has 3 N–H and O–H groups in total. The largest absolute Gasteiger partial charge is 0.506 e. The van der Waals surface area contributed by atoms with Crippen LogP contribution < -0.4 is 10.6 Å². The van der Waals surface area contributed by atoms with E-state index in [0.29, 0.717) is 10.6 Å². The number of carbonyl (C=O) groups excluding carboxylic acids is 2. The molecule has 0 aliphatic rings. The average molecular weight is 431 g/mol. The molecule has 5 nitrogen and oxygen atoms in total. The summed E-state index contributed by atoms with van der Waals surface area (Å²) < 4.78 is 0.797. The predicted octanol–water partition coefficient (Wildman–Crippen LogP) is 3.02. The highest BCUT2D eigenvalue weighted by Gasteiger charge is 2.12. The van der Waals surface area contributed by atoms with Gasteiger partial charge in [-0.25, -0.2) is 0 Å². The van der Waals surface area contributed by atoms with Crippen LogP contribution in [0.3, 0.4) is 0 Å². The van der Waals surface area contributed by atoms with Crippen molar-refractivity contribution in [3.63, 3.8) is 0 Å². The lowest BCUT2D eigenvalue weighted by atomic mass is 10.2. The number of aromatic hydroxyl groups is 1.